The monoisotopic (exact) mass is 469 g/mol. The molecule has 0 amide bonds. The Balaban J connectivity index is 1.84. The summed E-state index contributed by atoms with van der Waals surface area (Å²) < 4.78 is 12.2. The van der Waals surface area contributed by atoms with E-state index in [9.17, 15) is 9.59 Å². The number of hydrogen-bond acceptors (Lipinski definition) is 6. The van der Waals surface area contributed by atoms with Crippen molar-refractivity contribution in [1.82, 2.24) is 9.66 Å². The van der Waals surface area contributed by atoms with Gasteiger partial charge in [0.15, 0.2) is 23.9 Å². The first-order valence-corrected chi connectivity index (χ1v) is 10.8. The van der Waals surface area contributed by atoms with Gasteiger partial charge in [-0.3, -0.25) is 4.79 Å². The van der Waals surface area contributed by atoms with Gasteiger partial charge in [-0.25, -0.2) is 9.78 Å². The first-order valence-electron chi connectivity index (χ1n) is 10.8. The Bertz CT molecular complexity index is 1480. The number of ether oxygens (including phenoxy) is 2. The van der Waals surface area contributed by atoms with Gasteiger partial charge in [0.2, 0.25) is 0 Å². The maximum Gasteiger partial charge on any atom is 0.341 e. The highest BCUT2D eigenvalue weighted by atomic mass is 16.5. The van der Waals surface area contributed by atoms with Crippen LogP contribution in [0.5, 0.6) is 11.5 Å². The molecule has 0 radical (unpaired) electrons. The Morgan fingerprint density at radius 3 is 2.60 bits per heavy atom. The summed E-state index contributed by atoms with van der Waals surface area (Å²) in [4.78, 5) is 29.0. The van der Waals surface area contributed by atoms with Gasteiger partial charge >= 0.3 is 5.97 Å². The summed E-state index contributed by atoms with van der Waals surface area (Å²) in [6.45, 7) is 3.25. The molecule has 4 aromatic rings. The fourth-order valence-electron chi connectivity index (χ4n) is 3.64. The number of carbonyl (C=O) groups is 1. The molecule has 8 nitrogen and oxygen atoms in total. The van der Waals surface area contributed by atoms with Crippen LogP contribution in [0.3, 0.4) is 0 Å². The first-order chi connectivity index (χ1) is 17.0. The molecular weight excluding hydrogens is 446 g/mol. The Hall–Kier alpha value is -4.72. The minimum absolute atomic E-state index is 0.301. The van der Waals surface area contributed by atoms with Crippen molar-refractivity contribution in [3.8, 4) is 22.9 Å². The van der Waals surface area contributed by atoms with Crippen molar-refractivity contribution in [3.05, 3.63) is 101 Å². The number of carboxylic acids is 1. The molecule has 0 saturated heterocycles. The number of aromatic nitrogens is 2. The van der Waals surface area contributed by atoms with Crippen LogP contribution in [0, 0.1) is 0 Å². The summed E-state index contributed by atoms with van der Waals surface area (Å²) in [7, 11) is 1.47. The molecule has 176 valence electrons. The van der Waals surface area contributed by atoms with Crippen molar-refractivity contribution >= 4 is 23.1 Å². The van der Waals surface area contributed by atoms with Crippen LogP contribution in [-0.4, -0.2) is 40.7 Å². The number of fused-ring (bicyclic) bond motifs is 1. The molecule has 0 saturated carbocycles. The Morgan fingerprint density at radius 1 is 1.14 bits per heavy atom. The van der Waals surface area contributed by atoms with Crippen LogP contribution in [0.4, 0.5) is 0 Å². The third kappa shape index (κ3) is 5.11. The van der Waals surface area contributed by atoms with Crippen LogP contribution in [0.2, 0.25) is 0 Å². The molecule has 0 aliphatic rings. The molecule has 0 aliphatic carbocycles. The summed E-state index contributed by atoms with van der Waals surface area (Å²) in [5, 5.41) is 13.9. The lowest BCUT2D eigenvalue weighted by molar-refractivity contribution is -0.139. The number of carboxylic acid groups (broad SMARTS) is 1. The van der Waals surface area contributed by atoms with Crippen molar-refractivity contribution in [1.29, 1.82) is 0 Å². The van der Waals surface area contributed by atoms with Gasteiger partial charge < -0.3 is 14.6 Å². The predicted molar refractivity (Wildman–Crippen MR) is 134 cm³/mol. The van der Waals surface area contributed by atoms with E-state index in [0.29, 0.717) is 45.8 Å². The van der Waals surface area contributed by atoms with Gasteiger partial charge in [0.25, 0.3) is 5.56 Å². The third-order valence-corrected chi connectivity index (χ3v) is 5.19. The molecule has 35 heavy (non-hydrogen) atoms. The molecule has 0 fully saturated rings. The van der Waals surface area contributed by atoms with Crippen LogP contribution < -0.4 is 15.0 Å². The number of rotatable bonds is 9. The van der Waals surface area contributed by atoms with Gasteiger partial charge in [-0.15, -0.1) is 6.58 Å². The van der Waals surface area contributed by atoms with E-state index in [1.807, 2.05) is 36.4 Å². The summed E-state index contributed by atoms with van der Waals surface area (Å²) in [6.07, 6.45) is 3.62. The minimum Gasteiger partial charge on any atom is -0.493 e. The van der Waals surface area contributed by atoms with Crippen molar-refractivity contribution in [3.63, 3.8) is 0 Å². The zero-order valence-electron chi connectivity index (χ0n) is 19.0. The predicted octanol–water partition coefficient (Wildman–Crippen LogP) is 4.15. The lowest BCUT2D eigenvalue weighted by atomic mass is 10.1. The van der Waals surface area contributed by atoms with Crippen LogP contribution in [0.1, 0.15) is 11.1 Å². The molecule has 0 aliphatic heterocycles. The van der Waals surface area contributed by atoms with Crippen LogP contribution >= 0.6 is 0 Å². The van der Waals surface area contributed by atoms with Crippen molar-refractivity contribution in [2.75, 3.05) is 13.7 Å². The highest BCUT2D eigenvalue weighted by Crippen LogP contribution is 2.33. The average molecular weight is 469 g/mol. The summed E-state index contributed by atoms with van der Waals surface area (Å²) in [5.74, 6) is -0.0233. The standard InChI is InChI=1S/C27H23N3O5/c1-3-9-20-14-18(15-23(34-2)25(20)35-17-24(31)32)16-28-30-26(19-10-5-4-6-11-19)29-22-13-8-7-12-21(22)27(30)33/h3-8,10-16H,1,9,17H2,2H3,(H,31,32). The molecule has 0 bridgehead atoms. The number of benzene rings is 3. The third-order valence-electron chi connectivity index (χ3n) is 5.19. The number of methoxy groups -OCH3 is 1. The van der Waals surface area contributed by atoms with Gasteiger partial charge in [-0.2, -0.15) is 9.78 Å². The summed E-state index contributed by atoms with van der Waals surface area (Å²) >= 11 is 0. The van der Waals surface area contributed by atoms with E-state index < -0.39 is 12.6 Å². The van der Waals surface area contributed by atoms with E-state index >= 15 is 0 Å². The normalized spacial score (nSPS) is 11.0. The second kappa shape index (κ2) is 10.5. The van der Waals surface area contributed by atoms with Crippen LogP contribution in [-0.2, 0) is 11.2 Å². The summed E-state index contributed by atoms with van der Waals surface area (Å²) in [6, 6.07) is 19.9. The number of para-hydroxylation sites is 1. The molecule has 0 atom stereocenters. The smallest absolute Gasteiger partial charge is 0.341 e. The molecule has 1 N–H and O–H groups in total. The zero-order chi connectivity index (χ0) is 24.8. The topological polar surface area (TPSA) is 103 Å². The highest BCUT2D eigenvalue weighted by molar-refractivity contribution is 5.83. The molecule has 8 heteroatoms. The lowest BCUT2D eigenvalue weighted by Gasteiger charge is -2.14. The Morgan fingerprint density at radius 2 is 1.89 bits per heavy atom. The van der Waals surface area contributed by atoms with E-state index in [1.54, 1.807) is 36.4 Å². The van der Waals surface area contributed by atoms with Gasteiger partial charge in [0.1, 0.15) is 0 Å². The molecule has 4 rings (SSSR count). The molecule has 0 unspecified atom stereocenters. The molecule has 1 aromatic heterocycles. The second-order valence-corrected chi connectivity index (χ2v) is 7.57. The van der Waals surface area contributed by atoms with Crippen molar-refractivity contribution in [2.24, 2.45) is 5.10 Å². The zero-order valence-corrected chi connectivity index (χ0v) is 19.0. The van der Waals surface area contributed by atoms with E-state index in [2.05, 4.69) is 16.7 Å². The first kappa shape index (κ1) is 23.4. The maximum absolute atomic E-state index is 13.3. The average Bonchev–Trinajstić information content (AvgIpc) is 2.87. The number of allylic oxidation sites excluding steroid dienone is 1. The fraction of sp³-hybridized carbons (Fsp3) is 0.111. The van der Waals surface area contributed by atoms with Gasteiger partial charge in [0.05, 0.1) is 24.2 Å². The molecule has 1 heterocycles. The van der Waals surface area contributed by atoms with Gasteiger partial charge in [0, 0.05) is 11.1 Å². The number of hydrogen-bond donors (Lipinski definition) is 1. The van der Waals surface area contributed by atoms with E-state index in [0.717, 1.165) is 5.56 Å². The highest BCUT2D eigenvalue weighted by Gasteiger charge is 2.15. The molecular formula is C27H23N3O5. The van der Waals surface area contributed by atoms with Crippen molar-refractivity contribution < 1.29 is 19.4 Å². The van der Waals surface area contributed by atoms with Gasteiger partial charge in [-0.1, -0.05) is 48.5 Å². The maximum atomic E-state index is 13.3. The van der Waals surface area contributed by atoms with Crippen LogP contribution in [0.25, 0.3) is 22.3 Å². The van der Waals surface area contributed by atoms with Crippen LogP contribution in [0.15, 0.2) is 89.3 Å². The Labute approximate surface area is 201 Å². The van der Waals surface area contributed by atoms with E-state index in [4.69, 9.17) is 14.6 Å². The molecule has 3 aromatic carbocycles. The van der Waals surface area contributed by atoms with E-state index in [-0.39, 0.29) is 5.56 Å². The summed E-state index contributed by atoms with van der Waals surface area (Å²) in [5.41, 5.74) is 2.33. The lowest BCUT2D eigenvalue weighted by Crippen LogP contribution is -2.20. The quantitative estimate of drug-likeness (QED) is 0.292. The fourth-order valence-corrected chi connectivity index (χ4v) is 3.64. The number of nitrogens with zero attached hydrogens (tertiary/aromatic N) is 3. The second-order valence-electron chi connectivity index (χ2n) is 7.57. The SMILES string of the molecule is C=CCc1cc(C=Nn2c(-c3ccccc3)nc3ccccc3c2=O)cc(OC)c1OCC(=O)O. The minimum atomic E-state index is -1.10. The van der Waals surface area contributed by atoms with E-state index in [1.165, 1.54) is 18.0 Å². The Kier molecular flexibility index (Phi) is 7.02. The van der Waals surface area contributed by atoms with Crippen molar-refractivity contribution in [2.45, 2.75) is 6.42 Å². The largest absolute Gasteiger partial charge is 0.493 e. The molecule has 0 spiro atoms. The van der Waals surface area contributed by atoms with Gasteiger partial charge in [-0.05, 0) is 36.2 Å². The number of aliphatic carboxylic acids is 1.